The molecular weight excluding hydrogens is 252 g/mol. The van der Waals surface area contributed by atoms with Crippen molar-refractivity contribution in [1.82, 2.24) is 10.2 Å². The Morgan fingerprint density at radius 2 is 1.89 bits per heavy atom. The first-order valence-electron chi connectivity index (χ1n) is 6.46. The van der Waals surface area contributed by atoms with Crippen LogP contribution in [0.5, 0.6) is 0 Å². The van der Waals surface area contributed by atoms with Gasteiger partial charge in [-0.25, -0.2) is 0 Å². The summed E-state index contributed by atoms with van der Waals surface area (Å²) in [6.07, 6.45) is 1.90. The predicted molar refractivity (Wildman–Crippen MR) is 72.5 cm³/mol. The molecule has 18 heavy (non-hydrogen) atoms. The molecule has 1 N–H and O–H groups in total. The minimum Gasteiger partial charge on any atom is -0.356 e. The molecule has 1 saturated heterocycles. The van der Waals surface area contributed by atoms with Gasteiger partial charge in [-0.15, -0.1) is 11.6 Å². The number of piperidine rings is 1. The molecule has 1 aliphatic rings. The Hall–Kier alpha value is -0.770. The van der Waals surface area contributed by atoms with E-state index in [0.717, 1.165) is 32.5 Å². The van der Waals surface area contributed by atoms with Gasteiger partial charge >= 0.3 is 0 Å². The molecule has 104 valence electrons. The number of carbonyl (C=O) groups excluding carboxylic acids is 2. The maximum atomic E-state index is 12.2. The minimum atomic E-state index is -0.480. The van der Waals surface area contributed by atoms with E-state index in [1.807, 2.05) is 18.7 Å². The molecule has 0 atom stereocenters. The van der Waals surface area contributed by atoms with Crippen LogP contribution in [0.4, 0.5) is 0 Å². The number of halogens is 1. The second-order valence-electron chi connectivity index (χ2n) is 5.69. The van der Waals surface area contributed by atoms with Gasteiger partial charge in [0.05, 0.1) is 5.41 Å². The van der Waals surface area contributed by atoms with Gasteiger partial charge in [-0.1, -0.05) is 0 Å². The fourth-order valence-corrected chi connectivity index (χ4v) is 2.23. The van der Waals surface area contributed by atoms with Crippen molar-refractivity contribution < 1.29 is 9.59 Å². The highest BCUT2D eigenvalue weighted by atomic mass is 35.5. The first-order chi connectivity index (χ1) is 8.36. The fraction of sp³-hybridized carbons (Fsp3) is 0.846. The van der Waals surface area contributed by atoms with Gasteiger partial charge in [0.1, 0.15) is 0 Å². The van der Waals surface area contributed by atoms with E-state index < -0.39 is 5.41 Å². The number of hydrogen-bond donors (Lipinski definition) is 1. The molecule has 1 rings (SSSR count). The van der Waals surface area contributed by atoms with Crippen LogP contribution in [0.25, 0.3) is 0 Å². The van der Waals surface area contributed by atoms with Crippen LogP contribution in [0.15, 0.2) is 0 Å². The largest absolute Gasteiger partial charge is 0.356 e. The van der Waals surface area contributed by atoms with Crippen molar-refractivity contribution in [1.29, 1.82) is 0 Å². The number of nitrogens with one attached hydrogen (secondary N) is 1. The molecule has 0 bridgehead atoms. The van der Waals surface area contributed by atoms with Crippen LogP contribution in [0.1, 0.15) is 33.6 Å². The third-order valence-corrected chi connectivity index (χ3v) is 4.12. The summed E-state index contributed by atoms with van der Waals surface area (Å²) in [4.78, 5) is 24.9. The van der Waals surface area contributed by atoms with Crippen molar-refractivity contribution >= 4 is 23.4 Å². The summed E-state index contributed by atoms with van der Waals surface area (Å²) in [7, 11) is 0. The SMILES string of the molecule is CC(=O)NCC1CCN(C(=O)C(C)(C)CCl)CC1. The molecule has 1 heterocycles. The van der Waals surface area contributed by atoms with Crippen molar-refractivity contribution in [2.75, 3.05) is 25.5 Å². The van der Waals surface area contributed by atoms with Crippen molar-refractivity contribution in [3.05, 3.63) is 0 Å². The number of amides is 2. The molecule has 0 aliphatic carbocycles. The normalized spacial score (nSPS) is 17.7. The van der Waals surface area contributed by atoms with Crippen LogP contribution < -0.4 is 5.32 Å². The summed E-state index contributed by atoms with van der Waals surface area (Å²) in [6.45, 7) is 7.54. The molecule has 5 heteroatoms. The number of nitrogens with zero attached hydrogens (tertiary/aromatic N) is 1. The summed E-state index contributed by atoms with van der Waals surface area (Å²) >= 11 is 5.83. The third kappa shape index (κ3) is 4.16. The smallest absolute Gasteiger partial charge is 0.229 e. The zero-order chi connectivity index (χ0) is 13.8. The van der Waals surface area contributed by atoms with Gasteiger partial charge in [0.2, 0.25) is 11.8 Å². The zero-order valence-corrected chi connectivity index (χ0v) is 12.2. The number of likely N-dealkylation sites (tertiary alicyclic amines) is 1. The van der Waals surface area contributed by atoms with Crippen LogP contribution >= 0.6 is 11.6 Å². The Balaban J connectivity index is 2.39. The third-order valence-electron chi connectivity index (χ3n) is 3.45. The molecular formula is C13H23ClN2O2. The fourth-order valence-electron chi connectivity index (χ4n) is 2.11. The van der Waals surface area contributed by atoms with Gasteiger partial charge in [-0.05, 0) is 32.6 Å². The van der Waals surface area contributed by atoms with E-state index in [1.165, 1.54) is 6.92 Å². The molecule has 0 aromatic carbocycles. The predicted octanol–water partition coefficient (Wildman–Crippen LogP) is 1.63. The number of carbonyl (C=O) groups is 2. The lowest BCUT2D eigenvalue weighted by Gasteiger charge is -2.36. The highest BCUT2D eigenvalue weighted by Gasteiger charge is 2.33. The number of hydrogen-bond acceptors (Lipinski definition) is 2. The monoisotopic (exact) mass is 274 g/mol. The lowest BCUT2D eigenvalue weighted by molar-refractivity contribution is -0.140. The second-order valence-corrected chi connectivity index (χ2v) is 5.96. The molecule has 0 saturated carbocycles. The van der Waals surface area contributed by atoms with Gasteiger partial charge in [0.25, 0.3) is 0 Å². The molecule has 0 radical (unpaired) electrons. The Morgan fingerprint density at radius 3 is 2.33 bits per heavy atom. The molecule has 2 amide bonds. The molecule has 0 spiro atoms. The van der Waals surface area contributed by atoms with E-state index in [-0.39, 0.29) is 11.8 Å². The van der Waals surface area contributed by atoms with Gasteiger partial charge in [0, 0.05) is 32.4 Å². The first-order valence-corrected chi connectivity index (χ1v) is 7.00. The summed E-state index contributed by atoms with van der Waals surface area (Å²) in [5.41, 5.74) is -0.480. The number of rotatable bonds is 4. The topological polar surface area (TPSA) is 49.4 Å². The van der Waals surface area contributed by atoms with E-state index >= 15 is 0 Å². The Bertz CT molecular complexity index is 310. The summed E-state index contributed by atoms with van der Waals surface area (Å²) in [6, 6.07) is 0. The van der Waals surface area contributed by atoms with Gasteiger partial charge < -0.3 is 10.2 Å². The molecule has 4 nitrogen and oxygen atoms in total. The van der Waals surface area contributed by atoms with E-state index in [0.29, 0.717) is 11.8 Å². The highest BCUT2D eigenvalue weighted by molar-refractivity contribution is 6.19. The van der Waals surface area contributed by atoms with Crippen molar-refractivity contribution in [2.24, 2.45) is 11.3 Å². The molecule has 0 aromatic heterocycles. The van der Waals surface area contributed by atoms with Gasteiger partial charge in [-0.3, -0.25) is 9.59 Å². The highest BCUT2D eigenvalue weighted by Crippen LogP contribution is 2.24. The van der Waals surface area contributed by atoms with E-state index in [9.17, 15) is 9.59 Å². The Morgan fingerprint density at radius 1 is 1.33 bits per heavy atom. The zero-order valence-electron chi connectivity index (χ0n) is 11.5. The molecule has 1 fully saturated rings. The first kappa shape index (κ1) is 15.3. The summed E-state index contributed by atoms with van der Waals surface area (Å²) < 4.78 is 0. The van der Waals surface area contributed by atoms with E-state index in [1.54, 1.807) is 0 Å². The van der Waals surface area contributed by atoms with Crippen LogP contribution in [0, 0.1) is 11.3 Å². The van der Waals surface area contributed by atoms with Crippen LogP contribution in [-0.4, -0.2) is 42.2 Å². The standard InChI is InChI=1S/C13H23ClN2O2/c1-10(17)15-8-11-4-6-16(7-5-11)12(18)13(2,3)9-14/h11H,4-9H2,1-3H3,(H,15,17). The second kappa shape index (κ2) is 6.41. The van der Waals surface area contributed by atoms with Gasteiger partial charge in [-0.2, -0.15) is 0 Å². The number of alkyl halides is 1. The van der Waals surface area contributed by atoms with E-state index in [4.69, 9.17) is 11.6 Å². The maximum absolute atomic E-state index is 12.2. The quantitative estimate of drug-likeness (QED) is 0.792. The average Bonchev–Trinajstić information content (AvgIpc) is 2.36. The molecule has 0 aromatic rings. The molecule has 1 aliphatic heterocycles. The van der Waals surface area contributed by atoms with Gasteiger partial charge in [0.15, 0.2) is 0 Å². The van der Waals surface area contributed by atoms with E-state index in [2.05, 4.69) is 5.32 Å². The minimum absolute atomic E-state index is 0.0109. The Kier molecular flexibility index (Phi) is 5.45. The van der Waals surface area contributed by atoms with Crippen molar-refractivity contribution in [3.63, 3.8) is 0 Å². The maximum Gasteiger partial charge on any atom is 0.229 e. The van der Waals surface area contributed by atoms with Crippen LogP contribution in [0.2, 0.25) is 0 Å². The van der Waals surface area contributed by atoms with Crippen LogP contribution in [-0.2, 0) is 9.59 Å². The summed E-state index contributed by atoms with van der Waals surface area (Å²) in [5, 5.41) is 2.84. The lowest BCUT2D eigenvalue weighted by Crippen LogP contribution is -2.47. The lowest BCUT2D eigenvalue weighted by atomic mass is 9.91. The summed E-state index contributed by atoms with van der Waals surface area (Å²) in [5.74, 6) is 0.974. The van der Waals surface area contributed by atoms with Crippen molar-refractivity contribution in [3.8, 4) is 0 Å². The van der Waals surface area contributed by atoms with Crippen molar-refractivity contribution in [2.45, 2.75) is 33.6 Å². The molecule has 0 unspecified atom stereocenters. The van der Waals surface area contributed by atoms with Crippen LogP contribution in [0.3, 0.4) is 0 Å². The Labute approximate surface area is 114 Å². The average molecular weight is 275 g/mol.